The molecular weight excluding hydrogens is 240 g/mol. The van der Waals surface area contributed by atoms with Crippen LogP contribution in [-0.4, -0.2) is 25.1 Å². The molecule has 19 heavy (non-hydrogen) atoms. The highest BCUT2D eigenvalue weighted by molar-refractivity contribution is 5.93. The monoisotopic (exact) mass is 262 g/mol. The molecule has 0 aliphatic carbocycles. The fourth-order valence-electron chi connectivity index (χ4n) is 2.29. The first-order chi connectivity index (χ1) is 9.06. The average Bonchev–Trinajstić information content (AvgIpc) is 2.77. The Morgan fingerprint density at radius 1 is 1.32 bits per heavy atom. The SMILES string of the molecule is CC(C)Oc1ccc(NC(=O)[C@@H]2CNC[C@H]2C)cc1. The highest BCUT2D eigenvalue weighted by Crippen LogP contribution is 2.20. The van der Waals surface area contributed by atoms with E-state index < -0.39 is 0 Å². The Kier molecular flexibility index (Phi) is 4.43. The zero-order chi connectivity index (χ0) is 13.8. The van der Waals surface area contributed by atoms with Crippen LogP contribution in [0.15, 0.2) is 24.3 Å². The van der Waals surface area contributed by atoms with E-state index in [4.69, 9.17) is 4.74 Å². The molecule has 0 radical (unpaired) electrons. The Balaban J connectivity index is 1.93. The molecule has 1 amide bonds. The number of hydrogen-bond donors (Lipinski definition) is 2. The molecule has 1 heterocycles. The minimum atomic E-state index is 0.0617. The number of hydrogen-bond acceptors (Lipinski definition) is 3. The number of amides is 1. The smallest absolute Gasteiger partial charge is 0.229 e. The van der Waals surface area contributed by atoms with E-state index in [2.05, 4.69) is 17.6 Å². The summed E-state index contributed by atoms with van der Waals surface area (Å²) in [6.07, 6.45) is 0.158. The van der Waals surface area contributed by atoms with Crippen molar-refractivity contribution in [2.45, 2.75) is 26.9 Å². The van der Waals surface area contributed by atoms with Gasteiger partial charge in [-0.2, -0.15) is 0 Å². The molecular formula is C15H22N2O2. The molecule has 1 aliphatic rings. The molecule has 2 N–H and O–H groups in total. The summed E-state index contributed by atoms with van der Waals surface area (Å²) in [5, 5.41) is 6.20. The van der Waals surface area contributed by atoms with E-state index in [1.54, 1.807) is 0 Å². The van der Waals surface area contributed by atoms with Crippen molar-refractivity contribution in [1.29, 1.82) is 0 Å². The molecule has 1 fully saturated rings. The first-order valence-corrected chi connectivity index (χ1v) is 6.84. The molecule has 2 atom stereocenters. The third-order valence-corrected chi connectivity index (χ3v) is 3.35. The van der Waals surface area contributed by atoms with Crippen LogP contribution in [0.4, 0.5) is 5.69 Å². The zero-order valence-corrected chi connectivity index (χ0v) is 11.8. The Morgan fingerprint density at radius 3 is 2.53 bits per heavy atom. The summed E-state index contributed by atoms with van der Waals surface area (Å²) in [4.78, 5) is 12.1. The van der Waals surface area contributed by atoms with Crippen molar-refractivity contribution in [3.8, 4) is 5.75 Å². The molecule has 1 saturated heterocycles. The van der Waals surface area contributed by atoms with Crippen LogP contribution in [-0.2, 0) is 4.79 Å². The van der Waals surface area contributed by atoms with Crippen molar-refractivity contribution in [2.24, 2.45) is 11.8 Å². The molecule has 0 aromatic heterocycles. The van der Waals surface area contributed by atoms with Gasteiger partial charge in [0.1, 0.15) is 5.75 Å². The summed E-state index contributed by atoms with van der Waals surface area (Å²) in [5.41, 5.74) is 0.820. The van der Waals surface area contributed by atoms with Gasteiger partial charge in [-0.25, -0.2) is 0 Å². The maximum absolute atomic E-state index is 12.1. The second kappa shape index (κ2) is 6.06. The van der Waals surface area contributed by atoms with E-state index in [0.29, 0.717) is 5.92 Å². The van der Waals surface area contributed by atoms with Gasteiger partial charge < -0.3 is 15.4 Å². The zero-order valence-electron chi connectivity index (χ0n) is 11.8. The van der Waals surface area contributed by atoms with Gasteiger partial charge in [-0.3, -0.25) is 4.79 Å². The highest BCUT2D eigenvalue weighted by atomic mass is 16.5. The third kappa shape index (κ3) is 3.70. The molecule has 0 bridgehead atoms. The lowest BCUT2D eigenvalue weighted by Crippen LogP contribution is -2.27. The van der Waals surface area contributed by atoms with E-state index in [0.717, 1.165) is 24.5 Å². The molecule has 2 rings (SSSR count). The number of benzene rings is 1. The molecule has 4 nitrogen and oxygen atoms in total. The van der Waals surface area contributed by atoms with Crippen molar-refractivity contribution < 1.29 is 9.53 Å². The van der Waals surface area contributed by atoms with E-state index in [1.807, 2.05) is 38.1 Å². The lowest BCUT2D eigenvalue weighted by atomic mass is 9.97. The predicted octanol–water partition coefficient (Wildman–Crippen LogP) is 2.27. The highest BCUT2D eigenvalue weighted by Gasteiger charge is 2.29. The molecule has 4 heteroatoms. The van der Waals surface area contributed by atoms with Crippen molar-refractivity contribution in [3.63, 3.8) is 0 Å². The molecule has 1 aromatic carbocycles. The number of carbonyl (C=O) groups excluding carboxylic acids is 1. The van der Waals surface area contributed by atoms with Gasteiger partial charge in [-0.1, -0.05) is 6.92 Å². The van der Waals surface area contributed by atoms with Gasteiger partial charge in [0.2, 0.25) is 5.91 Å². The summed E-state index contributed by atoms with van der Waals surface area (Å²) in [6.45, 7) is 7.76. The predicted molar refractivity (Wildman–Crippen MR) is 76.4 cm³/mol. The summed E-state index contributed by atoms with van der Waals surface area (Å²) < 4.78 is 5.57. The van der Waals surface area contributed by atoms with Crippen molar-refractivity contribution in [1.82, 2.24) is 5.32 Å². The number of anilines is 1. The number of rotatable bonds is 4. The summed E-state index contributed by atoms with van der Waals surface area (Å²) in [5.74, 6) is 1.37. The lowest BCUT2D eigenvalue weighted by Gasteiger charge is -2.15. The van der Waals surface area contributed by atoms with Crippen LogP contribution >= 0.6 is 0 Å². The Bertz CT molecular complexity index is 428. The van der Waals surface area contributed by atoms with Crippen LogP contribution in [0.1, 0.15) is 20.8 Å². The Labute approximate surface area is 114 Å². The van der Waals surface area contributed by atoms with Gasteiger partial charge in [0.15, 0.2) is 0 Å². The van der Waals surface area contributed by atoms with Crippen molar-refractivity contribution >= 4 is 11.6 Å². The van der Waals surface area contributed by atoms with Crippen LogP contribution in [0.25, 0.3) is 0 Å². The van der Waals surface area contributed by atoms with Gasteiger partial charge in [-0.05, 0) is 50.6 Å². The Morgan fingerprint density at radius 2 is 2.00 bits per heavy atom. The van der Waals surface area contributed by atoms with E-state index in [-0.39, 0.29) is 17.9 Å². The first-order valence-electron chi connectivity index (χ1n) is 6.84. The topological polar surface area (TPSA) is 50.4 Å². The summed E-state index contributed by atoms with van der Waals surface area (Å²) >= 11 is 0. The second-order valence-electron chi connectivity index (χ2n) is 5.42. The fourth-order valence-corrected chi connectivity index (χ4v) is 2.29. The maximum atomic E-state index is 12.1. The van der Waals surface area contributed by atoms with Crippen LogP contribution in [0, 0.1) is 11.8 Å². The summed E-state index contributed by atoms with van der Waals surface area (Å²) in [6, 6.07) is 7.52. The normalized spacial score (nSPS) is 22.5. The molecule has 1 aliphatic heterocycles. The fraction of sp³-hybridized carbons (Fsp3) is 0.533. The first kappa shape index (κ1) is 13.9. The Hall–Kier alpha value is -1.55. The lowest BCUT2D eigenvalue weighted by molar-refractivity contribution is -0.120. The van der Waals surface area contributed by atoms with Crippen LogP contribution in [0.5, 0.6) is 5.75 Å². The van der Waals surface area contributed by atoms with Crippen LogP contribution < -0.4 is 15.4 Å². The molecule has 0 unspecified atom stereocenters. The second-order valence-corrected chi connectivity index (χ2v) is 5.42. The van der Waals surface area contributed by atoms with Crippen LogP contribution in [0.2, 0.25) is 0 Å². The number of nitrogens with one attached hydrogen (secondary N) is 2. The van der Waals surface area contributed by atoms with E-state index in [1.165, 1.54) is 0 Å². The largest absolute Gasteiger partial charge is 0.491 e. The third-order valence-electron chi connectivity index (χ3n) is 3.35. The molecule has 0 saturated carbocycles. The van der Waals surface area contributed by atoms with Gasteiger partial charge >= 0.3 is 0 Å². The van der Waals surface area contributed by atoms with Gasteiger partial charge in [0.25, 0.3) is 0 Å². The van der Waals surface area contributed by atoms with Crippen molar-refractivity contribution in [2.75, 3.05) is 18.4 Å². The number of ether oxygens (including phenoxy) is 1. The average molecular weight is 262 g/mol. The molecule has 104 valence electrons. The molecule has 1 aromatic rings. The minimum absolute atomic E-state index is 0.0617. The molecule has 0 spiro atoms. The quantitative estimate of drug-likeness (QED) is 0.875. The minimum Gasteiger partial charge on any atom is -0.491 e. The summed E-state index contributed by atoms with van der Waals surface area (Å²) in [7, 11) is 0. The van der Waals surface area contributed by atoms with E-state index >= 15 is 0 Å². The van der Waals surface area contributed by atoms with E-state index in [9.17, 15) is 4.79 Å². The van der Waals surface area contributed by atoms with Gasteiger partial charge in [0, 0.05) is 12.2 Å². The van der Waals surface area contributed by atoms with Gasteiger partial charge in [-0.15, -0.1) is 0 Å². The standard InChI is InChI=1S/C15H22N2O2/c1-10(2)19-13-6-4-12(5-7-13)17-15(18)14-9-16-8-11(14)3/h4-7,10-11,14,16H,8-9H2,1-3H3,(H,17,18)/t11-,14-/m1/s1. The number of carbonyl (C=O) groups is 1. The van der Waals surface area contributed by atoms with Crippen LogP contribution in [0.3, 0.4) is 0 Å². The van der Waals surface area contributed by atoms with Crippen molar-refractivity contribution in [3.05, 3.63) is 24.3 Å². The maximum Gasteiger partial charge on any atom is 0.229 e. The van der Waals surface area contributed by atoms with Gasteiger partial charge in [0.05, 0.1) is 12.0 Å².